The van der Waals surface area contributed by atoms with Crippen LogP contribution in [0.15, 0.2) is 22.8 Å². The molecule has 5 nitrogen and oxygen atoms in total. The van der Waals surface area contributed by atoms with Gasteiger partial charge in [-0.05, 0) is 45.1 Å². The van der Waals surface area contributed by atoms with Crippen LogP contribution in [0.5, 0.6) is 0 Å². The predicted octanol–water partition coefficient (Wildman–Crippen LogP) is 2.60. The number of nitrogens with one attached hydrogen (secondary N) is 2. The molecular weight excluding hydrogens is 260 g/mol. The Morgan fingerprint density at radius 2 is 2.26 bits per heavy atom. The van der Waals surface area contributed by atoms with Gasteiger partial charge in [0.05, 0.1) is 29.9 Å². The molecule has 0 fully saturated rings. The molecule has 102 valence electrons. The van der Waals surface area contributed by atoms with Gasteiger partial charge < -0.3 is 15.1 Å². The van der Waals surface area contributed by atoms with Gasteiger partial charge in [0.1, 0.15) is 5.76 Å². The molecule has 2 N–H and O–H groups in total. The van der Waals surface area contributed by atoms with Gasteiger partial charge in [0.2, 0.25) is 0 Å². The van der Waals surface area contributed by atoms with Gasteiger partial charge in [-0.25, -0.2) is 0 Å². The van der Waals surface area contributed by atoms with Gasteiger partial charge in [0, 0.05) is 6.54 Å². The number of thiocarbonyl (C=S) groups is 1. The molecule has 0 aliphatic heterocycles. The zero-order chi connectivity index (χ0) is 13.8. The molecule has 0 radical (unpaired) electrons. The third-order valence-corrected chi connectivity index (χ3v) is 3.17. The van der Waals surface area contributed by atoms with Crippen LogP contribution < -0.4 is 10.6 Å². The summed E-state index contributed by atoms with van der Waals surface area (Å²) in [6.45, 7) is 7.48. The van der Waals surface area contributed by atoms with Gasteiger partial charge in [-0.15, -0.1) is 0 Å². The minimum atomic E-state index is 0.568. The van der Waals surface area contributed by atoms with E-state index in [2.05, 4.69) is 22.7 Å². The first kappa shape index (κ1) is 13.6. The third kappa shape index (κ3) is 3.14. The molecule has 0 aromatic carbocycles. The molecule has 0 aliphatic carbocycles. The number of aromatic nitrogens is 2. The van der Waals surface area contributed by atoms with Crippen LogP contribution in [0.25, 0.3) is 0 Å². The lowest BCUT2D eigenvalue weighted by Gasteiger charge is -2.10. The van der Waals surface area contributed by atoms with E-state index < -0.39 is 0 Å². The smallest absolute Gasteiger partial charge is 0.171 e. The number of furan rings is 1. The normalized spacial score (nSPS) is 10.5. The summed E-state index contributed by atoms with van der Waals surface area (Å²) >= 11 is 5.27. The standard InChI is InChI=1S/C13H18N4OS/c1-4-17-10(3)12(9(2)16-17)15-13(19)14-8-11-6-5-7-18-11/h5-7H,4,8H2,1-3H3,(H2,14,15,19). The summed E-state index contributed by atoms with van der Waals surface area (Å²) in [5.41, 5.74) is 3.00. The molecule has 2 aromatic heterocycles. The Labute approximate surface area is 118 Å². The van der Waals surface area contributed by atoms with Crippen LogP contribution in [0.2, 0.25) is 0 Å². The number of aryl methyl sites for hydroxylation is 2. The quantitative estimate of drug-likeness (QED) is 0.842. The highest BCUT2D eigenvalue weighted by Gasteiger charge is 2.11. The Balaban J connectivity index is 1.97. The SMILES string of the molecule is CCn1nc(C)c(NC(=S)NCc2ccco2)c1C. The van der Waals surface area contributed by atoms with Crippen molar-refractivity contribution in [2.45, 2.75) is 33.9 Å². The highest BCUT2D eigenvalue weighted by Crippen LogP contribution is 2.19. The molecule has 0 spiro atoms. The van der Waals surface area contributed by atoms with Crippen molar-refractivity contribution in [3.05, 3.63) is 35.5 Å². The van der Waals surface area contributed by atoms with E-state index in [4.69, 9.17) is 16.6 Å². The first-order chi connectivity index (χ1) is 9.11. The minimum absolute atomic E-state index is 0.568. The number of hydrogen-bond donors (Lipinski definition) is 2. The summed E-state index contributed by atoms with van der Waals surface area (Å²) in [4.78, 5) is 0. The molecule has 2 aromatic rings. The van der Waals surface area contributed by atoms with E-state index in [1.54, 1.807) is 6.26 Å². The molecule has 2 heterocycles. The fraction of sp³-hybridized carbons (Fsp3) is 0.385. The maximum absolute atomic E-state index is 5.27. The molecule has 0 saturated carbocycles. The van der Waals surface area contributed by atoms with Gasteiger partial charge in [-0.2, -0.15) is 5.10 Å². The van der Waals surface area contributed by atoms with E-state index in [9.17, 15) is 0 Å². The maximum Gasteiger partial charge on any atom is 0.171 e. The van der Waals surface area contributed by atoms with Gasteiger partial charge in [-0.1, -0.05) is 0 Å². The van der Waals surface area contributed by atoms with Gasteiger partial charge in [0.25, 0.3) is 0 Å². The summed E-state index contributed by atoms with van der Waals surface area (Å²) in [5.74, 6) is 0.849. The molecule has 0 unspecified atom stereocenters. The fourth-order valence-electron chi connectivity index (χ4n) is 1.92. The molecule has 0 saturated heterocycles. The van der Waals surface area contributed by atoms with E-state index in [1.807, 2.05) is 30.7 Å². The van der Waals surface area contributed by atoms with E-state index >= 15 is 0 Å². The fourth-order valence-corrected chi connectivity index (χ4v) is 2.10. The van der Waals surface area contributed by atoms with Crippen molar-refractivity contribution in [1.82, 2.24) is 15.1 Å². The summed E-state index contributed by atoms with van der Waals surface area (Å²) in [5, 5.41) is 11.3. The van der Waals surface area contributed by atoms with Crippen molar-refractivity contribution in [1.29, 1.82) is 0 Å². The number of hydrogen-bond acceptors (Lipinski definition) is 3. The van der Waals surface area contributed by atoms with Crippen LogP contribution in [0, 0.1) is 13.8 Å². The monoisotopic (exact) mass is 278 g/mol. The average molecular weight is 278 g/mol. The Kier molecular flexibility index (Phi) is 4.21. The first-order valence-electron chi connectivity index (χ1n) is 6.23. The van der Waals surface area contributed by atoms with Crippen LogP contribution in [0.3, 0.4) is 0 Å². The minimum Gasteiger partial charge on any atom is -0.467 e. The largest absolute Gasteiger partial charge is 0.467 e. The molecule has 0 aliphatic rings. The predicted molar refractivity (Wildman–Crippen MR) is 79.1 cm³/mol. The maximum atomic E-state index is 5.27. The molecule has 6 heteroatoms. The third-order valence-electron chi connectivity index (χ3n) is 2.92. The van der Waals surface area contributed by atoms with E-state index in [0.29, 0.717) is 11.7 Å². The highest BCUT2D eigenvalue weighted by molar-refractivity contribution is 7.80. The van der Waals surface area contributed by atoms with Gasteiger partial charge in [0.15, 0.2) is 5.11 Å². The number of rotatable bonds is 4. The Morgan fingerprint density at radius 1 is 1.47 bits per heavy atom. The van der Waals surface area contributed by atoms with Crippen LogP contribution in [0.4, 0.5) is 5.69 Å². The number of anilines is 1. The Bertz CT molecular complexity index is 559. The van der Waals surface area contributed by atoms with E-state index in [1.165, 1.54) is 0 Å². The Morgan fingerprint density at radius 3 is 2.84 bits per heavy atom. The van der Waals surface area contributed by atoms with E-state index in [-0.39, 0.29) is 0 Å². The van der Waals surface area contributed by atoms with Crippen LogP contribution in [-0.4, -0.2) is 14.9 Å². The molecule has 0 bridgehead atoms. The van der Waals surface area contributed by atoms with Crippen LogP contribution >= 0.6 is 12.2 Å². The van der Waals surface area contributed by atoms with Gasteiger partial charge in [-0.3, -0.25) is 4.68 Å². The zero-order valence-corrected chi connectivity index (χ0v) is 12.2. The van der Waals surface area contributed by atoms with E-state index in [0.717, 1.165) is 29.4 Å². The van der Waals surface area contributed by atoms with Gasteiger partial charge >= 0.3 is 0 Å². The molecule has 2 rings (SSSR count). The summed E-state index contributed by atoms with van der Waals surface area (Å²) < 4.78 is 7.19. The number of nitrogens with zero attached hydrogens (tertiary/aromatic N) is 2. The molecule has 0 atom stereocenters. The lowest BCUT2D eigenvalue weighted by Crippen LogP contribution is -2.28. The Hall–Kier alpha value is -1.82. The highest BCUT2D eigenvalue weighted by atomic mass is 32.1. The van der Waals surface area contributed by atoms with Crippen molar-refractivity contribution in [3.8, 4) is 0 Å². The van der Waals surface area contributed by atoms with Crippen molar-refractivity contribution < 1.29 is 4.42 Å². The van der Waals surface area contributed by atoms with Crippen molar-refractivity contribution in [2.75, 3.05) is 5.32 Å². The van der Waals surface area contributed by atoms with Crippen molar-refractivity contribution >= 4 is 23.0 Å². The second-order valence-electron chi connectivity index (χ2n) is 4.25. The van der Waals surface area contributed by atoms with Crippen LogP contribution in [-0.2, 0) is 13.1 Å². The first-order valence-corrected chi connectivity index (χ1v) is 6.64. The zero-order valence-electron chi connectivity index (χ0n) is 11.4. The average Bonchev–Trinajstić information content (AvgIpc) is 2.99. The molecule has 19 heavy (non-hydrogen) atoms. The van der Waals surface area contributed by atoms with Crippen LogP contribution in [0.1, 0.15) is 24.1 Å². The van der Waals surface area contributed by atoms with Crippen molar-refractivity contribution in [2.24, 2.45) is 0 Å². The molecular formula is C13H18N4OS. The summed E-state index contributed by atoms with van der Waals surface area (Å²) in [7, 11) is 0. The second kappa shape index (κ2) is 5.88. The summed E-state index contributed by atoms with van der Waals surface area (Å²) in [6, 6.07) is 3.76. The lowest BCUT2D eigenvalue weighted by molar-refractivity contribution is 0.503. The second-order valence-corrected chi connectivity index (χ2v) is 4.66. The van der Waals surface area contributed by atoms with Crippen molar-refractivity contribution in [3.63, 3.8) is 0 Å². The lowest BCUT2D eigenvalue weighted by atomic mass is 10.3. The topological polar surface area (TPSA) is 55.0 Å². The molecule has 0 amide bonds. The summed E-state index contributed by atoms with van der Waals surface area (Å²) in [6.07, 6.45) is 1.65.